The Morgan fingerprint density at radius 1 is 1.35 bits per heavy atom. The molecule has 2 fully saturated rings. The average Bonchev–Trinajstić information content (AvgIpc) is 2.22. The molecular formula is C10H15F2NO4. The summed E-state index contributed by atoms with van der Waals surface area (Å²) in [5, 5.41) is 0. The standard InChI is InChI=1S/C10H15F2NO4/c1-6-8(16-3-2-15-6)9(14)13-4-7(5-13)17-10(11)12/h6-8,10H,2-5H2,1H3/t6-,8-/m0/s1. The summed E-state index contributed by atoms with van der Waals surface area (Å²) in [4.78, 5) is 13.3. The Hall–Kier alpha value is -0.790. The van der Waals surface area contributed by atoms with Crippen LogP contribution >= 0.6 is 0 Å². The second-order valence-electron chi connectivity index (χ2n) is 4.13. The number of hydrogen-bond acceptors (Lipinski definition) is 4. The Balaban J connectivity index is 1.78. The molecule has 0 bridgehead atoms. The average molecular weight is 251 g/mol. The first-order valence-corrected chi connectivity index (χ1v) is 5.53. The zero-order chi connectivity index (χ0) is 12.4. The van der Waals surface area contributed by atoms with Gasteiger partial charge in [0, 0.05) is 13.1 Å². The summed E-state index contributed by atoms with van der Waals surface area (Å²) in [6.45, 7) is 0.207. The van der Waals surface area contributed by atoms with Crippen LogP contribution in [-0.4, -0.2) is 62.0 Å². The van der Waals surface area contributed by atoms with Gasteiger partial charge >= 0.3 is 6.61 Å². The van der Waals surface area contributed by atoms with Crippen molar-refractivity contribution in [1.29, 1.82) is 0 Å². The number of amides is 1. The van der Waals surface area contributed by atoms with Gasteiger partial charge in [-0.2, -0.15) is 8.78 Å². The molecule has 2 atom stereocenters. The molecule has 98 valence electrons. The number of hydrogen-bond donors (Lipinski definition) is 0. The predicted octanol–water partition coefficient (Wildman–Crippen LogP) is 0.240. The Bertz CT molecular complexity index is 283. The molecule has 0 N–H and O–H groups in total. The lowest BCUT2D eigenvalue weighted by Gasteiger charge is -2.41. The van der Waals surface area contributed by atoms with Crippen LogP contribution in [0.25, 0.3) is 0 Å². The maximum atomic E-state index is 11.9. The first kappa shape index (κ1) is 12.7. The Morgan fingerprint density at radius 3 is 2.59 bits per heavy atom. The normalized spacial score (nSPS) is 30.5. The van der Waals surface area contributed by atoms with Gasteiger partial charge in [0.15, 0.2) is 6.10 Å². The van der Waals surface area contributed by atoms with E-state index in [2.05, 4.69) is 4.74 Å². The highest BCUT2D eigenvalue weighted by atomic mass is 19.3. The molecule has 7 heteroatoms. The zero-order valence-electron chi connectivity index (χ0n) is 9.47. The third kappa shape index (κ3) is 2.91. The molecule has 2 heterocycles. The third-order valence-corrected chi connectivity index (χ3v) is 2.89. The fourth-order valence-electron chi connectivity index (χ4n) is 1.93. The van der Waals surface area contributed by atoms with E-state index in [-0.39, 0.29) is 25.1 Å². The van der Waals surface area contributed by atoms with E-state index in [0.29, 0.717) is 13.2 Å². The summed E-state index contributed by atoms with van der Waals surface area (Å²) in [5.41, 5.74) is 0. The van der Waals surface area contributed by atoms with Crippen LogP contribution in [-0.2, 0) is 19.0 Å². The molecule has 0 aromatic rings. The van der Waals surface area contributed by atoms with E-state index in [9.17, 15) is 13.6 Å². The van der Waals surface area contributed by atoms with Crippen molar-refractivity contribution >= 4 is 5.91 Å². The topological polar surface area (TPSA) is 48.0 Å². The van der Waals surface area contributed by atoms with Gasteiger partial charge in [-0.05, 0) is 6.92 Å². The van der Waals surface area contributed by atoms with E-state index in [1.54, 1.807) is 6.92 Å². The highest BCUT2D eigenvalue weighted by molar-refractivity contribution is 5.82. The summed E-state index contributed by atoms with van der Waals surface area (Å²) >= 11 is 0. The molecule has 0 radical (unpaired) electrons. The molecule has 0 aromatic heterocycles. The first-order valence-electron chi connectivity index (χ1n) is 5.53. The van der Waals surface area contributed by atoms with E-state index < -0.39 is 18.8 Å². The van der Waals surface area contributed by atoms with Crippen molar-refractivity contribution in [3.05, 3.63) is 0 Å². The second-order valence-corrected chi connectivity index (χ2v) is 4.13. The number of alkyl halides is 2. The minimum atomic E-state index is -2.79. The summed E-state index contributed by atoms with van der Waals surface area (Å²) in [5.74, 6) is -0.216. The molecule has 2 aliphatic heterocycles. The fraction of sp³-hybridized carbons (Fsp3) is 0.900. The van der Waals surface area contributed by atoms with Crippen molar-refractivity contribution < 1.29 is 27.8 Å². The SMILES string of the molecule is C[C@@H]1OCCO[C@@H]1C(=O)N1CC(OC(F)F)C1. The Morgan fingerprint density at radius 2 is 2.00 bits per heavy atom. The predicted molar refractivity (Wildman–Crippen MR) is 52.6 cm³/mol. The molecule has 0 unspecified atom stereocenters. The number of halogens is 2. The van der Waals surface area contributed by atoms with E-state index in [0.717, 1.165) is 0 Å². The van der Waals surface area contributed by atoms with Crippen molar-refractivity contribution in [3.63, 3.8) is 0 Å². The molecule has 0 saturated carbocycles. The van der Waals surface area contributed by atoms with Crippen LogP contribution in [0.15, 0.2) is 0 Å². The van der Waals surface area contributed by atoms with E-state index in [4.69, 9.17) is 9.47 Å². The van der Waals surface area contributed by atoms with Crippen LogP contribution in [0.5, 0.6) is 0 Å². The van der Waals surface area contributed by atoms with Gasteiger partial charge < -0.3 is 19.1 Å². The smallest absolute Gasteiger partial charge is 0.345 e. The van der Waals surface area contributed by atoms with Crippen molar-refractivity contribution in [2.75, 3.05) is 26.3 Å². The minimum Gasteiger partial charge on any atom is -0.373 e. The van der Waals surface area contributed by atoms with Crippen molar-refractivity contribution in [3.8, 4) is 0 Å². The van der Waals surface area contributed by atoms with E-state index in [1.165, 1.54) is 4.90 Å². The quantitative estimate of drug-likeness (QED) is 0.721. The lowest BCUT2D eigenvalue weighted by Crippen LogP contribution is -2.60. The molecule has 0 aliphatic carbocycles. The highest BCUT2D eigenvalue weighted by Crippen LogP contribution is 2.19. The molecule has 0 aromatic carbocycles. The minimum absolute atomic E-state index is 0.190. The Labute approximate surface area is 97.6 Å². The summed E-state index contributed by atoms with van der Waals surface area (Å²) in [7, 11) is 0. The number of carbonyl (C=O) groups is 1. The summed E-state index contributed by atoms with van der Waals surface area (Å²) in [6, 6.07) is 0. The summed E-state index contributed by atoms with van der Waals surface area (Å²) < 4.78 is 38.7. The van der Waals surface area contributed by atoms with Gasteiger partial charge in [0.2, 0.25) is 0 Å². The van der Waals surface area contributed by atoms with Crippen molar-refractivity contribution in [2.24, 2.45) is 0 Å². The molecule has 17 heavy (non-hydrogen) atoms. The maximum Gasteiger partial charge on any atom is 0.345 e. The van der Waals surface area contributed by atoms with Gasteiger partial charge in [-0.1, -0.05) is 0 Å². The van der Waals surface area contributed by atoms with Crippen LogP contribution in [0, 0.1) is 0 Å². The zero-order valence-corrected chi connectivity index (χ0v) is 9.47. The Kier molecular flexibility index (Phi) is 3.90. The lowest BCUT2D eigenvalue weighted by molar-refractivity contribution is -0.209. The van der Waals surface area contributed by atoms with Gasteiger partial charge in [-0.15, -0.1) is 0 Å². The molecular weight excluding hydrogens is 236 g/mol. The van der Waals surface area contributed by atoms with Crippen LogP contribution in [0.1, 0.15) is 6.92 Å². The van der Waals surface area contributed by atoms with Crippen molar-refractivity contribution in [1.82, 2.24) is 4.90 Å². The molecule has 2 saturated heterocycles. The molecule has 1 amide bonds. The molecule has 0 spiro atoms. The van der Waals surface area contributed by atoms with Crippen LogP contribution in [0.4, 0.5) is 8.78 Å². The van der Waals surface area contributed by atoms with Gasteiger partial charge in [0.25, 0.3) is 5.91 Å². The number of carbonyl (C=O) groups excluding carboxylic acids is 1. The van der Waals surface area contributed by atoms with Crippen LogP contribution in [0.2, 0.25) is 0 Å². The second kappa shape index (κ2) is 5.24. The number of rotatable bonds is 3. The third-order valence-electron chi connectivity index (χ3n) is 2.89. The van der Waals surface area contributed by atoms with Crippen molar-refractivity contribution in [2.45, 2.75) is 31.8 Å². The van der Waals surface area contributed by atoms with Crippen LogP contribution < -0.4 is 0 Å². The molecule has 2 rings (SSSR count). The summed E-state index contributed by atoms with van der Waals surface area (Å²) in [6.07, 6.45) is -1.50. The number of nitrogens with zero attached hydrogens (tertiary/aromatic N) is 1. The van der Waals surface area contributed by atoms with Gasteiger partial charge in [-0.3, -0.25) is 4.79 Å². The monoisotopic (exact) mass is 251 g/mol. The van der Waals surface area contributed by atoms with E-state index >= 15 is 0 Å². The van der Waals surface area contributed by atoms with E-state index in [1.807, 2.05) is 0 Å². The molecule has 2 aliphatic rings. The highest BCUT2D eigenvalue weighted by Gasteiger charge is 2.40. The number of ether oxygens (including phenoxy) is 3. The largest absolute Gasteiger partial charge is 0.373 e. The molecule has 5 nitrogen and oxygen atoms in total. The van der Waals surface area contributed by atoms with Gasteiger partial charge in [0.1, 0.15) is 0 Å². The number of likely N-dealkylation sites (tertiary alicyclic amines) is 1. The van der Waals surface area contributed by atoms with Gasteiger partial charge in [-0.25, -0.2) is 0 Å². The lowest BCUT2D eigenvalue weighted by atomic mass is 10.1. The van der Waals surface area contributed by atoms with Crippen LogP contribution in [0.3, 0.4) is 0 Å². The first-order chi connectivity index (χ1) is 8.08. The fourth-order valence-corrected chi connectivity index (χ4v) is 1.93. The maximum absolute atomic E-state index is 11.9. The van der Waals surface area contributed by atoms with Gasteiger partial charge in [0.05, 0.1) is 25.4 Å².